The van der Waals surface area contributed by atoms with E-state index in [0.29, 0.717) is 27.8 Å². The highest BCUT2D eigenvalue weighted by atomic mass is 16.4. The summed E-state index contributed by atoms with van der Waals surface area (Å²) < 4.78 is 0. The van der Waals surface area contributed by atoms with Gasteiger partial charge in [0.2, 0.25) is 5.91 Å². The number of aromatic nitrogens is 2. The first kappa shape index (κ1) is 24.3. The van der Waals surface area contributed by atoms with Crippen molar-refractivity contribution in [2.75, 3.05) is 30.4 Å². The third-order valence-electron chi connectivity index (χ3n) is 5.22. The van der Waals surface area contributed by atoms with Crippen LogP contribution in [0.2, 0.25) is 0 Å². The minimum atomic E-state index is -1.07. The van der Waals surface area contributed by atoms with Gasteiger partial charge in [-0.15, -0.1) is 0 Å². The molecule has 1 aliphatic rings. The predicted molar refractivity (Wildman–Crippen MR) is 127 cm³/mol. The van der Waals surface area contributed by atoms with Gasteiger partial charge in [0.15, 0.2) is 0 Å². The third kappa shape index (κ3) is 5.01. The van der Waals surface area contributed by atoms with Gasteiger partial charge in [-0.05, 0) is 24.3 Å². The summed E-state index contributed by atoms with van der Waals surface area (Å²) in [4.78, 5) is 51.9. The molecule has 0 atom stereocenters. The van der Waals surface area contributed by atoms with Gasteiger partial charge >= 0.3 is 5.97 Å². The zero-order valence-corrected chi connectivity index (χ0v) is 19.1. The van der Waals surface area contributed by atoms with E-state index < -0.39 is 17.8 Å². The lowest BCUT2D eigenvalue weighted by Gasteiger charge is -2.19. The van der Waals surface area contributed by atoms with Crippen molar-refractivity contribution in [1.82, 2.24) is 15.1 Å². The Labute approximate surface area is 196 Å². The molecule has 0 bridgehead atoms. The average Bonchev–Trinajstić information content (AvgIpc) is 2.94. The normalized spacial score (nSPS) is 13.0. The van der Waals surface area contributed by atoms with Gasteiger partial charge < -0.3 is 20.2 Å². The van der Waals surface area contributed by atoms with E-state index >= 15 is 0 Å². The van der Waals surface area contributed by atoms with Crippen LogP contribution in [0.5, 0.6) is 0 Å². The largest absolute Gasteiger partial charge is 0.481 e. The summed E-state index contributed by atoms with van der Waals surface area (Å²) in [5.74, 6) is -2.31. The Bertz CT molecular complexity index is 1250. The molecule has 0 spiro atoms. The van der Waals surface area contributed by atoms with Gasteiger partial charge in [-0.25, -0.2) is 0 Å². The topological polar surface area (TPSA) is 133 Å². The van der Waals surface area contributed by atoms with Gasteiger partial charge in [-0.3, -0.25) is 19.2 Å². The summed E-state index contributed by atoms with van der Waals surface area (Å²) in [6, 6.07) is 11.8. The lowest BCUT2D eigenvalue weighted by Crippen LogP contribution is -2.38. The minimum Gasteiger partial charge on any atom is -0.481 e. The predicted octanol–water partition coefficient (Wildman–Crippen LogP) is 2.80. The number of anilines is 2. The quantitative estimate of drug-likeness (QED) is 0.594. The minimum absolute atomic E-state index is 0.0988. The van der Waals surface area contributed by atoms with Gasteiger partial charge in [0.05, 0.1) is 34.9 Å². The van der Waals surface area contributed by atoms with Gasteiger partial charge in [0, 0.05) is 24.7 Å². The van der Waals surface area contributed by atoms with Crippen LogP contribution in [0, 0.1) is 0 Å². The van der Waals surface area contributed by atoms with E-state index in [1.54, 1.807) is 43.4 Å². The van der Waals surface area contributed by atoms with E-state index in [1.165, 1.54) is 22.1 Å². The van der Waals surface area contributed by atoms with Crippen molar-refractivity contribution in [2.45, 2.75) is 20.3 Å². The number of nitrogens with one attached hydrogen (secondary N) is 1. The molecule has 3 aromatic rings. The molecule has 0 radical (unpaired) electrons. The number of carboxylic acid groups (broad SMARTS) is 1. The molecule has 1 aromatic heterocycles. The Morgan fingerprint density at radius 2 is 1.85 bits per heavy atom. The van der Waals surface area contributed by atoms with Crippen LogP contribution >= 0.6 is 0 Å². The first-order valence-electron chi connectivity index (χ1n) is 10.8. The van der Waals surface area contributed by atoms with Crippen LogP contribution in [-0.4, -0.2) is 64.0 Å². The second-order valence-corrected chi connectivity index (χ2v) is 7.28. The van der Waals surface area contributed by atoms with E-state index in [-0.39, 0.29) is 31.0 Å². The van der Waals surface area contributed by atoms with Crippen molar-refractivity contribution in [2.24, 2.45) is 0 Å². The molecular weight excluding hydrogens is 438 g/mol. The Kier molecular flexibility index (Phi) is 7.52. The number of carbonyl (C=O) groups is 4. The van der Waals surface area contributed by atoms with Crippen LogP contribution in [0.25, 0.3) is 10.9 Å². The maximum Gasteiger partial charge on any atom is 0.305 e. The van der Waals surface area contributed by atoms with E-state index in [2.05, 4.69) is 15.5 Å². The molecule has 0 unspecified atom stereocenters. The molecule has 176 valence electrons. The Morgan fingerprint density at radius 3 is 2.59 bits per heavy atom. The van der Waals surface area contributed by atoms with E-state index in [9.17, 15) is 19.2 Å². The molecule has 0 fully saturated rings. The molecule has 0 aliphatic carbocycles. The fourth-order valence-electron chi connectivity index (χ4n) is 3.52. The third-order valence-corrected chi connectivity index (χ3v) is 5.22. The summed E-state index contributed by atoms with van der Waals surface area (Å²) in [5, 5.41) is 20.2. The van der Waals surface area contributed by atoms with Crippen LogP contribution in [0.4, 0.5) is 11.4 Å². The van der Waals surface area contributed by atoms with Gasteiger partial charge in [-0.1, -0.05) is 32.0 Å². The summed E-state index contributed by atoms with van der Waals surface area (Å²) in [5.41, 5.74) is 1.83. The second kappa shape index (κ2) is 10.5. The van der Waals surface area contributed by atoms with Crippen molar-refractivity contribution in [3.8, 4) is 0 Å². The van der Waals surface area contributed by atoms with Gasteiger partial charge in [0.1, 0.15) is 6.54 Å². The van der Waals surface area contributed by atoms with Gasteiger partial charge in [-0.2, -0.15) is 10.2 Å². The number of carboxylic acids is 1. The first-order chi connectivity index (χ1) is 16.3. The molecule has 2 N–H and O–H groups in total. The molecule has 0 saturated heterocycles. The molecule has 10 heteroatoms. The van der Waals surface area contributed by atoms with Crippen LogP contribution in [-0.2, 0) is 9.59 Å². The molecule has 2 aromatic carbocycles. The SMILES string of the molecule is CC.CN1C(=O)CN(CCC(=O)O)C(=O)c2cc(NC(=O)c3cnnc4ccccc34)ccc21. The standard InChI is InChI=1S/C22H19N5O5.C2H6/c1-26-18-7-6-13(10-15(18)22(32)27(12-19(26)28)9-8-20(29)30)24-21(31)16-11-23-25-17-5-3-2-4-14(16)17;1-2/h2-7,10-11H,8-9,12H2,1H3,(H,24,31)(H,29,30);1-2H3. The molecule has 4 rings (SSSR count). The maximum absolute atomic E-state index is 13.0. The monoisotopic (exact) mass is 463 g/mol. The molecule has 3 amide bonds. The number of likely N-dealkylation sites (N-methyl/N-ethyl adjacent to an activating group) is 1. The highest BCUT2D eigenvalue weighted by molar-refractivity contribution is 6.13. The van der Waals surface area contributed by atoms with E-state index in [0.717, 1.165) is 0 Å². The number of hydrogen-bond donors (Lipinski definition) is 2. The van der Waals surface area contributed by atoms with Crippen molar-refractivity contribution >= 4 is 46.0 Å². The summed E-state index contributed by atoms with van der Waals surface area (Å²) >= 11 is 0. The zero-order chi connectivity index (χ0) is 24.8. The number of nitrogens with zero attached hydrogens (tertiary/aromatic N) is 4. The van der Waals surface area contributed by atoms with Crippen molar-refractivity contribution in [3.05, 3.63) is 59.8 Å². The zero-order valence-electron chi connectivity index (χ0n) is 19.1. The van der Waals surface area contributed by atoms with Crippen molar-refractivity contribution in [1.29, 1.82) is 0 Å². The summed E-state index contributed by atoms with van der Waals surface area (Å²) in [7, 11) is 1.54. The number of benzene rings is 2. The van der Waals surface area contributed by atoms with Crippen LogP contribution in [0.1, 0.15) is 41.0 Å². The number of aliphatic carboxylic acids is 1. The molecule has 1 aliphatic heterocycles. The molecule has 0 saturated carbocycles. The Balaban J connectivity index is 0.00000158. The number of carbonyl (C=O) groups excluding carboxylic acids is 3. The first-order valence-corrected chi connectivity index (χ1v) is 10.8. The van der Waals surface area contributed by atoms with Gasteiger partial charge in [0.25, 0.3) is 11.8 Å². The highest BCUT2D eigenvalue weighted by Gasteiger charge is 2.30. The maximum atomic E-state index is 13.0. The Morgan fingerprint density at radius 1 is 1.12 bits per heavy atom. The van der Waals surface area contributed by atoms with Crippen LogP contribution in [0.3, 0.4) is 0 Å². The van der Waals surface area contributed by atoms with Crippen molar-refractivity contribution < 1.29 is 24.3 Å². The molecule has 10 nitrogen and oxygen atoms in total. The number of amides is 3. The highest BCUT2D eigenvalue weighted by Crippen LogP contribution is 2.28. The van der Waals surface area contributed by atoms with Crippen LogP contribution in [0.15, 0.2) is 48.7 Å². The van der Waals surface area contributed by atoms with Crippen LogP contribution < -0.4 is 10.2 Å². The second-order valence-electron chi connectivity index (χ2n) is 7.28. The number of rotatable bonds is 5. The molecule has 2 heterocycles. The summed E-state index contributed by atoms with van der Waals surface area (Å²) in [6.45, 7) is 3.67. The lowest BCUT2D eigenvalue weighted by molar-refractivity contribution is -0.137. The van der Waals surface area contributed by atoms with E-state index in [1.807, 2.05) is 13.8 Å². The molecule has 34 heavy (non-hydrogen) atoms. The number of fused-ring (bicyclic) bond motifs is 2. The fraction of sp³-hybridized carbons (Fsp3) is 0.250. The smallest absolute Gasteiger partial charge is 0.305 e. The van der Waals surface area contributed by atoms with Crippen molar-refractivity contribution in [3.63, 3.8) is 0 Å². The fourth-order valence-corrected chi connectivity index (χ4v) is 3.52. The average molecular weight is 463 g/mol. The number of hydrogen-bond acceptors (Lipinski definition) is 6. The summed E-state index contributed by atoms with van der Waals surface area (Å²) in [6.07, 6.45) is 1.09. The molecular formula is C24H25N5O5. The Hall–Kier alpha value is -4.34. The van der Waals surface area contributed by atoms with E-state index in [4.69, 9.17) is 5.11 Å². The lowest BCUT2D eigenvalue weighted by atomic mass is 10.1.